The van der Waals surface area contributed by atoms with E-state index in [9.17, 15) is 9.59 Å². The lowest BCUT2D eigenvalue weighted by molar-refractivity contribution is -0.151. The van der Waals surface area contributed by atoms with Crippen molar-refractivity contribution in [3.63, 3.8) is 0 Å². The SMILES string of the molecule is CCOC(=O)CC(=O)N(C1CCC1)C1CCNCC1. The van der Waals surface area contributed by atoms with Gasteiger partial charge >= 0.3 is 5.97 Å². The molecule has 2 fully saturated rings. The normalized spacial score (nSPS) is 20.7. The lowest BCUT2D eigenvalue weighted by Crippen LogP contribution is -2.53. The molecule has 1 N–H and O–H groups in total. The van der Waals surface area contributed by atoms with Crippen LogP contribution in [0.3, 0.4) is 0 Å². The number of amides is 1. The molecule has 2 rings (SSSR count). The van der Waals surface area contributed by atoms with Crippen LogP contribution < -0.4 is 5.32 Å². The van der Waals surface area contributed by atoms with Gasteiger partial charge in [-0.15, -0.1) is 0 Å². The van der Waals surface area contributed by atoms with Gasteiger partial charge in [-0.2, -0.15) is 0 Å². The first-order valence-corrected chi connectivity index (χ1v) is 7.40. The Morgan fingerprint density at radius 2 is 1.79 bits per heavy atom. The predicted octanol–water partition coefficient (Wildman–Crippen LogP) is 1.07. The van der Waals surface area contributed by atoms with Crippen molar-refractivity contribution in [3.05, 3.63) is 0 Å². The van der Waals surface area contributed by atoms with Crippen LogP contribution in [-0.4, -0.2) is 48.6 Å². The smallest absolute Gasteiger partial charge is 0.315 e. The van der Waals surface area contributed by atoms with Crippen LogP contribution in [0.2, 0.25) is 0 Å². The largest absolute Gasteiger partial charge is 0.466 e. The maximum Gasteiger partial charge on any atom is 0.315 e. The predicted molar refractivity (Wildman–Crippen MR) is 71.6 cm³/mol. The number of rotatable bonds is 5. The summed E-state index contributed by atoms with van der Waals surface area (Å²) in [6, 6.07) is 0.651. The van der Waals surface area contributed by atoms with Gasteiger partial charge in [-0.3, -0.25) is 9.59 Å². The molecule has 19 heavy (non-hydrogen) atoms. The quantitative estimate of drug-likeness (QED) is 0.598. The summed E-state index contributed by atoms with van der Waals surface area (Å²) < 4.78 is 4.88. The van der Waals surface area contributed by atoms with Gasteiger partial charge in [0.2, 0.25) is 5.91 Å². The molecule has 0 aromatic heterocycles. The number of piperidine rings is 1. The second-order valence-corrected chi connectivity index (χ2v) is 5.35. The van der Waals surface area contributed by atoms with E-state index >= 15 is 0 Å². The van der Waals surface area contributed by atoms with Crippen LogP contribution in [-0.2, 0) is 14.3 Å². The Balaban J connectivity index is 1.95. The second kappa shape index (κ2) is 6.89. The molecule has 108 valence electrons. The Bertz CT molecular complexity index is 323. The average molecular weight is 268 g/mol. The number of carbonyl (C=O) groups is 2. The number of esters is 1. The molecule has 0 aromatic carbocycles. The Hall–Kier alpha value is -1.10. The minimum absolute atomic E-state index is 0.0462. The summed E-state index contributed by atoms with van der Waals surface area (Å²) >= 11 is 0. The van der Waals surface area contributed by atoms with Crippen molar-refractivity contribution in [2.75, 3.05) is 19.7 Å². The summed E-state index contributed by atoms with van der Waals surface area (Å²) in [7, 11) is 0. The number of hydrogen-bond donors (Lipinski definition) is 1. The van der Waals surface area contributed by atoms with Gasteiger partial charge in [-0.05, 0) is 52.1 Å². The van der Waals surface area contributed by atoms with Crippen LogP contribution in [0.4, 0.5) is 0 Å². The number of nitrogens with zero attached hydrogens (tertiary/aromatic N) is 1. The third-order valence-corrected chi connectivity index (χ3v) is 4.06. The summed E-state index contributed by atoms with van der Waals surface area (Å²) in [4.78, 5) is 25.8. The first-order valence-electron chi connectivity index (χ1n) is 7.40. The topological polar surface area (TPSA) is 58.6 Å². The molecule has 0 radical (unpaired) electrons. The van der Waals surface area contributed by atoms with Gasteiger partial charge in [0, 0.05) is 12.1 Å². The highest BCUT2D eigenvalue weighted by Crippen LogP contribution is 2.29. The zero-order valence-corrected chi connectivity index (χ0v) is 11.7. The third-order valence-electron chi connectivity index (χ3n) is 4.06. The molecule has 1 aliphatic heterocycles. The molecular formula is C14H24N2O3. The third kappa shape index (κ3) is 3.69. The standard InChI is InChI=1S/C14H24N2O3/c1-2-19-14(18)10-13(17)16(11-4-3-5-11)12-6-8-15-9-7-12/h11-12,15H,2-10H2,1H3. The molecule has 0 aromatic rings. The van der Waals surface area contributed by atoms with E-state index in [2.05, 4.69) is 5.32 Å². The van der Waals surface area contributed by atoms with Crippen LogP contribution in [0.1, 0.15) is 45.4 Å². The van der Waals surface area contributed by atoms with Crippen LogP contribution in [0.5, 0.6) is 0 Å². The Labute approximate surface area is 114 Å². The van der Waals surface area contributed by atoms with Gasteiger partial charge in [-0.1, -0.05) is 0 Å². The van der Waals surface area contributed by atoms with Crippen molar-refractivity contribution < 1.29 is 14.3 Å². The molecule has 0 atom stereocenters. The van der Waals surface area contributed by atoms with Gasteiger partial charge in [0.1, 0.15) is 6.42 Å². The minimum Gasteiger partial charge on any atom is -0.466 e. The van der Waals surface area contributed by atoms with E-state index in [4.69, 9.17) is 4.74 Å². The molecule has 1 saturated heterocycles. The Kier molecular flexibility index (Phi) is 5.19. The van der Waals surface area contributed by atoms with Crippen LogP contribution in [0, 0.1) is 0 Å². The van der Waals surface area contributed by atoms with Crippen molar-refractivity contribution in [3.8, 4) is 0 Å². The van der Waals surface area contributed by atoms with E-state index in [1.807, 2.05) is 4.90 Å². The van der Waals surface area contributed by atoms with Crippen LogP contribution in [0.15, 0.2) is 0 Å². The number of carbonyl (C=O) groups excluding carboxylic acids is 2. The summed E-state index contributed by atoms with van der Waals surface area (Å²) in [5.74, 6) is -0.444. The van der Waals surface area contributed by atoms with Crippen LogP contribution in [0.25, 0.3) is 0 Å². The molecule has 0 unspecified atom stereocenters. The molecule has 0 spiro atoms. The van der Waals surface area contributed by atoms with E-state index < -0.39 is 5.97 Å². The molecule has 1 amide bonds. The molecule has 0 bridgehead atoms. The molecule has 1 heterocycles. The van der Waals surface area contributed by atoms with Gasteiger partial charge < -0.3 is 15.0 Å². The number of nitrogens with one attached hydrogen (secondary N) is 1. The minimum atomic E-state index is -0.397. The Morgan fingerprint density at radius 3 is 2.32 bits per heavy atom. The molecule has 2 aliphatic rings. The number of ether oxygens (including phenoxy) is 1. The van der Waals surface area contributed by atoms with Crippen molar-refractivity contribution in [2.24, 2.45) is 0 Å². The molecule has 1 saturated carbocycles. The zero-order chi connectivity index (χ0) is 13.7. The lowest BCUT2D eigenvalue weighted by atomic mass is 9.88. The summed E-state index contributed by atoms with van der Waals surface area (Å²) in [6.45, 7) is 4.02. The van der Waals surface area contributed by atoms with E-state index in [1.54, 1.807) is 6.92 Å². The Morgan fingerprint density at radius 1 is 1.16 bits per heavy atom. The molecule has 5 nitrogen and oxygen atoms in total. The highest BCUT2D eigenvalue weighted by Gasteiger charge is 2.35. The summed E-state index contributed by atoms with van der Waals surface area (Å²) in [5.41, 5.74) is 0. The van der Waals surface area contributed by atoms with Gasteiger partial charge in [0.15, 0.2) is 0 Å². The lowest BCUT2D eigenvalue weighted by Gasteiger charge is -2.44. The maximum absolute atomic E-state index is 12.4. The van der Waals surface area contributed by atoms with E-state index in [0.29, 0.717) is 18.7 Å². The van der Waals surface area contributed by atoms with Crippen molar-refractivity contribution in [2.45, 2.75) is 57.5 Å². The summed E-state index contributed by atoms with van der Waals surface area (Å²) in [5, 5.41) is 3.31. The highest BCUT2D eigenvalue weighted by atomic mass is 16.5. The average Bonchev–Trinajstić information content (AvgIpc) is 2.34. The van der Waals surface area contributed by atoms with Crippen molar-refractivity contribution >= 4 is 11.9 Å². The van der Waals surface area contributed by atoms with Gasteiger partial charge in [0.05, 0.1) is 6.61 Å². The van der Waals surface area contributed by atoms with Crippen molar-refractivity contribution in [1.29, 1.82) is 0 Å². The van der Waals surface area contributed by atoms with Crippen LogP contribution >= 0.6 is 0 Å². The number of hydrogen-bond acceptors (Lipinski definition) is 4. The molecule has 5 heteroatoms. The molecule has 1 aliphatic carbocycles. The fourth-order valence-electron chi connectivity index (χ4n) is 2.88. The van der Waals surface area contributed by atoms with Gasteiger partial charge in [0.25, 0.3) is 0 Å². The second-order valence-electron chi connectivity index (χ2n) is 5.35. The van der Waals surface area contributed by atoms with Gasteiger partial charge in [-0.25, -0.2) is 0 Å². The first-order chi connectivity index (χ1) is 9.22. The molecular weight excluding hydrogens is 244 g/mol. The van der Waals surface area contributed by atoms with E-state index in [1.165, 1.54) is 6.42 Å². The fraction of sp³-hybridized carbons (Fsp3) is 0.857. The first kappa shape index (κ1) is 14.3. The van der Waals surface area contributed by atoms with E-state index in [0.717, 1.165) is 38.8 Å². The van der Waals surface area contributed by atoms with Crippen molar-refractivity contribution in [1.82, 2.24) is 10.2 Å². The van der Waals surface area contributed by atoms with E-state index in [-0.39, 0.29) is 12.3 Å². The fourth-order valence-corrected chi connectivity index (χ4v) is 2.88. The highest BCUT2D eigenvalue weighted by molar-refractivity contribution is 5.94. The maximum atomic E-state index is 12.4. The summed E-state index contributed by atoms with van der Waals surface area (Å²) in [6.07, 6.45) is 5.24. The zero-order valence-electron chi connectivity index (χ0n) is 11.7. The monoisotopic (exact) mass is 268 g/mol.